The smallest absolute Gasteiger partial charge is 0.123 e. The molecule has 1 aromatic heterocycles. The van der Waals surface area contributed by atoms with Gasteiger partial charge in [0.15, 0.2) is 0 Å². The standard InChI is InChI=1S/C14H16ClFN2S/c1-18(9-12-6-7-14(15)19-12)13(8-17)10-2-4-11(16)5-3-10/h2-7,13H,8-9,17H2,1H3. The van der Waals surface area contributed by atoms with E-state index in [0.29, 0.717) is 6.54 Å². The number of halogens is 2. The summed E-state index contributed by atoms with van der Waals surface area (Å²) >= 11 is 7.49. The van der Waals surface area contributed by atoms with Gasteiger partial charge >= 0.3 is 0 Å². The van der Waals surface area contributed by atoms with E-state index in [1.807, 2.05) is 19.2 Å². The van der Waals surface area contributed by atoms with Crippen LogP contribution in [0.2, 0.25) is 4.34 Å². The summed E-state index contributed by atoms with van der Waals surface area (Å²) in [6.07, 6.45) is 0. The Labute approximate surface area is 121 Å². The normalized spacial score (nSPS) is 12.9. The van der Waals surface area contributed by atoms with Crippen molar-refractivity contribution < 1.29 is 4.39 Å². The van der Waals surface area contributed by atoms with Crippen molar-refractivity contribution in [2.45, 2.75) is 12.6 Å². The minimum absolute atomic E-state index is 0.0708. The predicted octanol–water partition coefficient (Wildman–Crippen LogP) is 3.67. The molecule has 0 bridgehead atoms. The molecule has 0 aliphatic rings. The predicted molar refractivity (Wildman–Crippen MR) is 79.0 cm³/mol. The van der Waals surface area contributed by atoms with Crippen LogP contribution in [-0.4, -0.2) is 18.5 Å². The average molecular weight is 299 g/mol. The van der Waals surface area contributed by atoms with Crippen molar-refractivity contribution >= 4 is 22.9 Å². The van der Waals surface area contributed by atoms with Crippen molar-refractivity contribution in [2.75, 3.05) is 13.6 Å². The highest BCUT2D eigenvalue weighted by Crippen LogP contribution is 2.26. The number of benzene rings is 1. The summed E-state index contributed by atoms with van der Waals surface area (Å²) in [5.74, 6) is -0.229. The summed E-state index contributed by atoms with van der Waals surface area (Å²) in [7, 11) is 2.01. The van der Waals surface area contributed by atoms with Crippen LogP contribution in [0.5, 0.6) is 0 Å². The molecule has 19 heavy (non-hydrogen) atoms. The van der Waals surface area contributed by atoms with Crippen molar-refractivity contribution in [3.05, 3.63) is 57.0 Å². The second kappa shape index (κ2) is 6.48. The van der Waals surface area contributed by atoms with Crippen molar-refractivity contribution in [1.82, 2.24) is 4.90 Å². The van der Waals surface area contributed by atoms with Gasteiger partial charge in [0.25, 0.3) is 0 Å². The maximum Gasteiger partial charge on any atom is 0.123 e. The number of thiophene rings is 1. The van der Waals surface area contributed by atoms with Crippen LogP contribution in [0.3, 0.4) is 0 Å². The molecule has 0 fully saturated rings. The fourth-order valence-corrected chi connectivity index (χ4v) is 3.20. The van der Waals surface area contributed by atoms with Crippen molar-refractivity contribution in [1.29, 1.82) is 0 Å². The third-order valence-corrected chi connectivity index (χ3v) is 4.26. The molecular weight excluding hydrogens is 283 g/mol. The van der Waals surface area contributed by atoms with Gasteiger partial charge in [-0.3, -0.25) is 4.90 Å². The summed E-state index contributed by atoms with van der Waals surface area (Å²) in [6, 6.07) is 10.5. The molecule has 0 saturated heterocycles. The molecule has 2 nitrogen and oxygen atoms in total. The van der Waals surface area contributed by atoms with Crippen LogP contribution in [0.25, 0.3) is 0 Å². The van der Waals surface area contributed by atoms with Gasteiger partial charge in [-0.25, -0.2) is 4.39 Å². The van der Waals surface area contributed by atoms with E-state index in [1.54, 1.807) is 23.5 Å². The Balaban J connectivity index is 2.10. The lowest BCUT2D eigenvalue weighted by molar-refractivity contribution is 0.244. The highest BCUT2D eigenvalue weighted by Gasteiger charge is 2.16. The molecule has 0 radical (unpaired) electrons. The van der Waals surface area contributed by atoms with E-state index in [9.17, 15) is 4.39 Å². The zero-order valence-corrected chi connectivity index (χ0v) is 12.2. The maximum atomic E-state index is 12.9. The van der Waals surface area contributed by atoms with Crippen molar-refractivity contribution in [2.24, 2.45) is 5.73 Å². The Morgan fingerprint density at radius 3 is 2.47 bits per heavy atom. The van der Waals surface area contributed by atoms with Gasteiger partial charge in [0, 0.05) is 24.0 Å². The third-order valence-electron chi connectivity index (χ3n) is 3.04. The lowest BCUT2D eigenvalue weighted by atomic mass is 10.1. The van der Waals surface area contributed by atoms with Crippen LogP contribution in [-0.2, 0) is 6.54 Å². The largest absolute Gasteiger partial charge is 0.329 e. The number of likely N-dealkylation sites (N-methyl/N-ethyl adjacent to an activating group) is 1. The minimum atomic E-state index is -0.229. The van der Waals surface area contributed by atoms with Gasteiger partial charge in [-0.15, -0.1) is 11.3 Å². The highest BCUT2D eigenvalue weighted by molar-refractivity contribution is 7.16. The minimum Gasteiger partial charge on any atom is -0.329 e. The van der Waals surface area contributed by atoms with E-state index in [2.05, 4.69) is 4.90 Å². The molecule has 0 amide bonds. The lowest BCUT2D eigenvalue weighted by Gasteiger charge is -2.26. The molecule has 0 aliphatic carbocycles. The van der Waals surface area contributed by atoms with E-state index in [1.165, 1.54) is 17.0 Å². The van der Waals surface area contributed by atoms with Crippen LogP contribution >= 0.6 is 22.9 Å². The van der Waals surface area contributed by atoms with Crippen LogP contribution in [0.4, 0.5) is 4.39 Å². The first kappa shape index (κ1) is 14.5. The number of hydrogen-bond donors (Lipinski definition) is 1. The van der Waals surface area contributed by atoms with Crippen LogP contribution in [0.15, 0.2) is 36.4 Å². The van der Waals surface area contributed by atoms with Gasteiger partial charge in [-0.05, 0) is 36.9 Å². The summed E-state index contributed by atoms with van der Waals surface area (Å²) in [5.41, 5.74) is 6.87. The molecule has 5 heteroatoms. The van der Waals surface area contributed by atoms with Crippen LogP contribution in [0, 0.1) is 5.82 Å². The summed E-state index contributed by atoms with van der Waals surface area (Å²) in [5, 5.41) is 0. The third kappa shape index (κ3) is 3.76. The fraction of sp³-hybridized carbons (Fsp3) is 0.286. The molecule has 0 saturated carbocycles. The SMILES string of the molecule is CN(Cc1ccc(Cl)s1)C(CN)c1ccc(F)cc1. The molecule has 2 rings (SSSR count). The maximum absolute atomic E-state index is 12.9. The van der Waals surface area contributed by atoms with E-state index in [-0.39, 0.29) is 11.9 Å². The monoisotopic (exact) mass is 298 g/mol. The Bertz CT molecular complexity index is 526. The van der Waals surface area contributed by atoms with E-state index in [0.717, 1.165) is 16.4 Å². The first-order valence-electron chi connectivity index (χ1n) is 6.00. The Kier molecular flexibility index (Phi) is 4.93. The molecule has 1 unspecified atom stereocenters. The quantitative estimate of drug-likeness (QED) is 0.912. The molecule has 2 N–H and O–H groups in total. The van der Waals surface area contributed by atoms with Crippen LogP contribution < -0.4 is 5.73 Å². The van der Waals surface area contributed by atoms with Gasteiger partial charge in [-0.2, -0.15) is 0 Å². The number of hydrogen-bond acceptors (Lipinski definition) is 3. The van der Waals surface area contributed by atoms with Crippen molar-refractivity contribution in [3.63, 3.8) is 0 Å². The van der Waals surface area contributed by atoms with Gasteiger partial charge in [-0.1, -0.05) is 23.7 Å². The first-order chi connectivity index (χ1) is 9.10. The number of nitrogens with zero attached hydrogens (tertiary/aromatic N) is 1. The number of nitrogens with two attached hydrogens (primary N) is 1. The van der Waals surface area contributed by atoms with Gasteiger partial charge in [0.2, 0.25) is 0 Å². The molecule has 2 aromatic rings. The average Bonchev–Trinajstić information content (AvgIpc) is 2.78. The second-order valence-corrected chi connectivity index (χ2v) is 6.22. The zero-order chi connectivity index (χ0) is 13.8. The Morgan fingerprint density at radius 1 is 1.26 bits per heavy atom. The van der Waals surface area contributed by atoms with Gasteiger partial charge in [0.05, 0.1) is 4.34 Å². The second-order valence-electron chi connectivity index (χ2n) is 4.42. The first-order valence-corrected chi connectivity index (χ1v) is 7.19. The van der Waals surface area contributed by atoms with Crippen LogP contribution in [0.1, 0.15) is 16.5 Å². The molecular formula is C14H16ClFN2S. The Hall–Kier alpha value is -0.940. The van der Waals surface area contributed by atoms with Crippen molar-refractivity contribution in [3.8, 4) is 0 Å². The molecule has 1 heterocycles. The van der Waals surface area contributed by atoms with Gasteiger partial charge in [0.1, 0.15) is 5.82 Å². The van der Waals surface area contributed by atoms with Gasteiger partial charge < -0.3 is 5.73 Å². The van der Waals surface area contributed by atoms with E-state index in [4.69, 9.17) is 17.3 Å². The highest BCUT2D eigenvalue weighted by atomic mass is 35.5. The summed E-state index contributed by atoms with van der Waals surface area (Å²) < 4.78 is 13.7. The Morgan fingerprint density at radius 2 is 1.95 bits per heavy atom. The molecule has 1 atom stereocenters. The summed E-state index contributed by atoms with van der Waals surface area (Å²) in [6.45, 7) is 1.26. The van der Waals surface area contributed by atoms with E-state index < -0.39 is 0 Å². The number of rotatable bonds is 5. The fourth-order valence-electron chi connectivity index (χ4n) is 2.05. The molecule has 0 spiro atoms. The zero-order valence-electron chi connectivity index (χ0n) is 10.6. The lowest BCUT2D eigenvalue weighted by Crippen LogP contribution is -2.29. The molecule has 102 valence electrons. The molecule has 1 aromatic carbocycles. The molecule has 0 aliphatic heterocycles. The topological polar surface area (TPSA) is 29.3 Å². The van der Waals surface area contributed by atoms with E-state index >= 15 is 0 Å². The summed E-state index contributed by atoms with van der Waals surface area (Å²) in [4.78, 5) is 3.34.